The Labute approximate surface area is 151 Å². The van der Waals surface area contributed by atoms with E-state index in [9.17, 15) is 18.4 Å². The van der Waals surface area contributed by atoms with E-state index in [1.807, 2.05) is 0 Å². The Bertz CT molecular complexity index is 996. The van der Waals surface area contributed by atoms with Gasteiger partial charge in [0.2, 0.25) is 5.91 Å². The molecule has 0 aliphatic rings. The molecular weight excluding hydrogens is 360 g/mol. The lowest BCUT2D eigenvalue weighted by atomic mass is 10.2. The molecule has 140 valence electrons. The number of halogens is 2. The molecule has 0 saturated carbocycles. The second kappa shape index (κ2) is 7.32. The summed E-state index contributed by atoms with van der Waals surface area (Å²) in [7, 11) is 0. The first-order valence-electron chi connectivity index (χ1n) is 7.78. The summed E-state index contributed by atoms with van der Waals surface area (Å²) in [6, 6.07) is 6.90. The van der Waals surface area contributed by atoms with E-state index in [1.54, 1.807) is 31.2 Å². The van der Waals surface area contributed by atoms with Gasteiger partial charge < -0.3 is 11.1 Å². The smallest absolute Gasteiger partial charge is 0.282 e. The van der Waals surface area contributed by atoms with Gasteiger partial charge in [-0.3, -0.25) is 9.59 Å². The molecule has 11 heteroatoms. The summed E-state index contributed by atoms with van der Waals surface area (Å²) in [6.07, 6.45) is -0.555. The lowest BCUT2D eigenvalue weighted by Gasteiger charge is -2.11. The molecule has 2 aromatic heterocycles. The fourth-order valence-corrected chi connectivity index (χ4v) is 2.48. The van der Waals surface area contributed by atoms with Crippen LogP contribution in [0.4, 0.5) is 14.5 Å². The average molecular weight is 375 g/mol. The van der Waals surface area contributed by atoms with E-state index in [-0.39, 0.29) is 17.9 Å². The number of nitrogens with one attached hydrogen (secondary N) is 1. The maximum atomic E-state index is 13.6. The molecule has 3 aromatic rings. The van der Waals surface area contributed by atoms with Crippen molar-refractivity contribution in [3.63, 3.8) is 0 Å². The normalized spacial score (nSPS) is 11.0. The number of aromatic nitrogens is 5. The molecule has 1 aromatic carbocycles. The van der Waals surface area contributed by atoms with Crippen LogP contribution < -0.4 is 11.1 Å². The fraction of sp³-hybridized carbons (Fsp3) is 0.188. The zero-order valence-corrected chi connectivity index (χ0v) is 14.1. The molecule has 2 heterocycles. The first-order chi connectivity index (χ1) is 12.9. The molecule has 0 atom stereocenters. The number of rotatable bonds is 6. The molecular formula is C16H15F2N7O2. The summed E-state index contributed by atoms with van der Waals surface area (Å²) in [5.74, 6) is -1.43. The Hall–Kier alpha value is -3.63. The van der Waals surface area contributed by atoms with Crippen LogP contribution in [-0.4, -0.2) is 36.6 Å². The van der Waals surface area contributed by atoms with Crippen molar-refractivity contribution in [3.05, 3.63) is 53.6 Å². The van der Waals surface area contributed by atoms with E-state index >= 15 is 0 Å². The van der Waals surface area contributed by atoms with Crippen molar-refractivity contribution >= 4 is 17.5 Å². The van der Waals surface area contributed by atoms with Crippen LogP contribution in [-0.2, 0) is 11.3 Å². The SMILES string of the molecule is Cc1ccccc1-n1ncc(NC(=O)c2cn(CC(N)=O)nn2)c1C(F)F. The van der Waals surface area contributed by atoms with Crippen LogP contribution in [0.15, 0.2) is 36.7 Å². The molecule has 0 fully saturated rings. The third-order valence-electron chi connectivity index (χ3n) is 3.69. The van der Waals surface area contributed by atoms with Gasteiger partial charge in [-0.2, -0.15) is 5.10 Å². The zero-order valence-electron chi connectivity index (χ0n) is 14.1. The number of benzene rings is 1. The maximum Gasteiger partial charge on any atom is 0.282 e. The fourth-order valence-electron chi connectivity index (χ4n) is 2.48. The number of carbonyl (C=O) groups excluding carboxylic acids is 2. The molecule has 0 bridgehead atoms. The summed E-state index contributed by atoms with van der Waals surface area (Å²) < 4.78 is 29.4. The Morgan fingerprint density at radius 3 is 2.70 bits per heavy atom. The average Bonchev–Trinajstić information content (AvgIpc) is 3.22. The Kier molecular flexibility index (Phi) is 4.92. The number of hydrogen-bond acceptors (Lipinski definition) is 5. The van der Waals surface area contributed by atoms with Crippen LogP contribution >= 0.6 is 0 Å². The molecule has 2 amide bonds. The molecule has 9 nitrogen and oxygen atoms in total. The van der Waals surface area contributed by atoms with Crippen LogP contribution in [0.1, 0.15) is 28.2 Å². The van der Waals surface area contributed by atoms with E-state index < -0.39 is 23.9 Å². The monoisotopic (exact) mass is 375 g/mol. The lowest BCUT2D eigenvalue weighted by Crippen LogP contribution is -2.19. The highest BCUT2D eigenvalue weighted by molar-refractivity contribution is 6.03. The minimum absolute atomic E-state index is 0.150. The maximum absolute atomic E-state index is 13.6. The Morgan fingerprint density at radius 2 is 2.04 bits per heavy atom. The molecule has 3 N–H and O–H groups in total. The molecule has 0 radical (unpaired) electrons. The van der Waals surface area contributed by atoms with E-state index in [0.717, 1.165) is 21.1 Å². The van der Waals surface area contributed by atoms with Crippen molar-refractivity contribution in [2.45, 2.75) is 19.9 Å². The number of nitrogens with zero attached hydrogens (tertiary/aromatic N) is 5. The van der Waals surface area contributed by atoms with Gasteiger partial charge in [0.25, 0.3) is 12.3 Å². The minimum Gasteiger partial charge on any atom is -0.368 e. The number of alkyl halides is 2. The van der Waals surface area contributed by atoms with Crippen LogP contribution in [0.25, 0.3) is 5.69 Å². The van der Waals surface area contributed by atoms with Crippen LogP contribution in [0.5, 0.6) is 0 Å². The van der Waals surface area contributed by atoms with E-state index in [0.29, 0.717) is 5.69 Å². The summed E-state index contributed by atoms with van der Waals surface area (Å²) in [5, 5.41) is 13.5. The number of nitrogens with two attached hydrogens (primary N) is 1. The zero-order chi connectivity index (χ0) is 19.6. The number of amides is 2. The predicted molar refractivity (Wildman–Crippen MR) is 90.4 cm³/mol. The van der Waals surface area contributed by atoms with Crippen molar-refractivity contribution in [3.8, 4) is 5.69 Å². The molecule has 0 aliphatic carbocycles. The van der Waals surface area contributed by atoms with Crippen molar-refractivity contribution in [1.29, 1.82) is 0 Å². The van der Waals surface area contributed by atoms with Crippen LogP contribution in [0.2, 0.25) is 0 Å². The summed E-state index contributed by atoms with van der Waals surface area (Å²) in [4.78, 5) is 23.1. The number of para-hydroxylation sites is 1. The van der Waals surface area contributed by atoms with Gasteiger partial charge in [-0.25, -0.2) is 18.1 Å². The quantitative estimate of drug-likeness (QED) is 0.675. The van der Waals surface area contributed by atoms with Gasteiger partial charge in [0.05, 0.1) is 23.8 Å². The van der Waals surface area contributed by atoms with E-state index in [1.165, 1.54) is 6.20 Å². The standard InChI is InChI=1S/C16H15F2N7O2/c1-9-4-2-3-5-12(9)25-14(15(17)18)10(6-20-25)21-16(27)11-7-24(23-22-11)8-13(19)26/h2-7,15H,8H2,1H3,(H2,19,26)(H,21,27). The first-order valence-corrected chi connectivity index (χ1v) is 7.78. The van der Waals surface area contributed by atoms with Gasteiger partial charge in [-0.1, -0.05) is 23.4 Å². The van der Waals surface area contributed by atoms with Gasteiger partial charge >= 0.3 is 0 Å². The van der Waals surface area contributed by atoms with Gasteiger partial charge in [0.1, 0.15) is 12.2 Å². The van der Waals surface area contributed by atoms with E-state index in [2.05, 4.69) is 20.7 Å². The van der Waals surface area contributed by atoms with Crippen molar-refractivity contribution < 1.29 is 18.4 Å². The van der Waals surface area contributed by atoms with Gasteiger partial charge in [-0.05, 0) is 18.6 Å². The van der Waals surface area contributed by atoms with Gasteiger partial charge in [0, 0.05) is 0 Å². The third kappa shape index (κ3) is 3.81. The molecule has 0 aliphatic heterocycles. The number of primary amides is 1. The molecule has 27 heavy (non-hydrogen) atoms. The van der Waals surface area contributed by atoms with Crippen molar-refractivity contribution in [2.24, 2.45) is 5.73 Å². The highest BCUT2D eigenvalue weighted by Crippen LogP contribution is 2.30. The predicted octanol–water partition coefficient (Wildman–Crippen LogP) is 1.45. The number of anilines is 1. The number of carbonyl (C=O) groups is 2. The van der Waals surface area contributed by atoms with Gasteiger partial charge in [0.15, 0.2) is 5.69 Å². The molecule has 0 unspecified atom stereocenters. The minimum atomic E-state index is -2.88. The summed E-state index contributed by atoms with van der Waals surface area (Å²) >= 11 is 0. The molecule has 0 spiro atoms. The second-order valence-electron chi connectivity index (χ2n) is 5.66. The largest absolute Gasteiger partial charge is 0.368 e. The third-order valence-corrected chi connectivity index (χ3v) is 3.69. The van der Waals surface area contributed by atoms with Crippen LogP contribution in [0.3, 0.4) is 0 Å². The van der Waals surface area contributed by atoms with Crippen LogP contribution in [0, 0.1) is 6.92 Å². The number of aryl methyl sites for hydroxylation is 1. The highest BCUT2D eigenvalue weighted by Gasteiger charge is 2.24. The highest BCUT2D eigenvalue weighted by atomic mass is 19.3. The summed E-state index contributed by atoms with van der Waals surface area (Å²) in [6.45, 7) is 1.51. The second-order valence-corrected chi connectivity index (χ2v) is 5.66. The molecule has 0 saturated heterocycles. The topological polar surface area (TPSA) is 121 Å². The van der Waals surface area contributed by atoms with Crippen molar-refractivity contribution in [1.82, 2.24) is 24.8 Å². The van der Waals surface area contributed by atoms with E-state index in [4.69, 9.17) is 5.73 Å². The Morgan fingerprint density at radius 1 is 1.30 bits per heavy atom. The lowest BCUT2D eigenvalue weighted by molar-refractivity contribution is -0.118. The summed E-state index contributed by atoms with van der Waals surface area (Å²) in [5.41, 5.74) is 5.49. The van der Waals surface area contributed by atoms with Gasteiger partial charge in [-0.15, -0.1) is 5.10 Å². The molecule has 3 rings (SSSR count). The first kappa shape index (κ1) is 18.2. The number of hydrogen-bond donors (Lipinski definition) is 2. The Balaban J connectivity index is 1.89. The van der Waals surface area contributed by atoms with Crippen molar-refractivity contribution in [2.75, 3.05) is 5.32 Å².